The number of nitrogens with one attached hydrogen (secondary N) is 1. The summed E-state index contributed by atoms with van der Waals surface area (Å²) < 4.78 is 5.46. The Morgan fingerprint density at radius 2 is 2.00 bits per heavy atom. The number of amides is 1. The van der Waals surface area contributed by atoms with Gasteiger partial charge in [-0.3, -0.25) is 14.7 Å². The van der Waals surface area contributed by atoms with E-state index in [2.05, 4.69) is 31.6 Å². The highest BCUT2D eigenvalue weighted by atomic mass is 32.1. The van der Waals surface area contributed by atoms with Crippen LogP contribution in [0.15, 0.2) is 48.0 Å². The lowest BCUT2D eigenvalue weighted by Crippen LogP contribution is -2.43. The third kappa shape index (κ3) is 3.75. The van der Waals surface area contributed by atoms with E-state index in [9.17, 15) is 4.79 Å². The van der Waals surface area contributed by atoms with Gasteiger partial charge in [0.2, 0.25) is 0 Å². The van der Waals surface area contributed by atoms with Crippen LogP contribution >= 0.6 is 11.3 Å². The van der Waals surface area contributed by atoms with E-state index >= 15 is 0 Å². The quantitative estimate of drug-likeness (QED) is 0.749. The molecule has 0 spiro atoms. The van der Waals surface area contributed by atoms with Crippen molar-refractivity contribution in [1.82, 2.24) is 20.2 Å². The number of para-hydroxylation sites is 2. The predicted molar refractivity (Wildman–Crippen MR) is 101 cm³/mol. The number of carbonyl (C=O) groups is 1. The summed E-state index contributed by atoms with van der Waals surface area (Å²) in [7, 11) is 0. The summed E-state index contributed by atoms with van der Waals surface area (Å²) >= 11 is 1.71. The maximum absolute atomic E-state index is 12.6. The first kappa shape index (κ1) is 17.1. The fourth-order valence-corrected chi connectivity index (χ4v) is 3.99. The molecule has 0 aliphatic carbocycles. The van der Waals surface area contributed by atoms with Crippen molar-refractivity contribution < 1.29 is 9.53 Å². The molecule has 3 aromatic rings. The molecule has 1 fully saturated rings. The van der Waals surface area contributed by atoms with Gasteiger partial charge in [0.25, 0.3) is 5.91 Å². The minimum Gasteiger partial charge on any atom is -0.379 e. The molecule has 0 radical (unpaired) electrons. The van der Waals surface area contributed by atoms with E-state index in [0.717, 1.165) is 37.3 Å². The molecular formula is C19H20N4O2S. The third-order valence-electron chi connectivity index (χ3n) is 4.50. The van der Waals surface area contributed by atoms with Gasteiger partial charge in [-0.2, -0.15) is 0 Å². The minimum absolute atomic E-state index is 0.149. The van der Waals surface area contributed by atoms with Crippen LogP contribution in [0.5, 0.6) is 0 Å². The molecule has 4 rings (SSSR count). The van der Waals surface area contributed by atoms with Crippen molar-refractivity contribution in [3.8, 4) is 0 Å². The molecule has 0 bridgehead atoms. The largest absolute Gasteiger partial charge is 0.379 e. The van der Waals surface area contributed by atoms with Crippen LogP contribution in [0.2, 0.25) is 0 Å². The molecule has 26 heavy (non-hydrogen) atoms. The molecule has 1 N–H and O–H groups in total. The molecule has 1 amide bonds. The van der Waals surface area contributed by atoms with Gasteiger partial charge in [0, 0.05) is 24.5 Å². The summed E-state index contributed by atoms with van der Waals surface area (Å²) in [6.45, 7) is 3.73. The molecule has 1 aliphatic heterocycles. The van der Waals surface area contributed by atoms with Crippen LogP contribution in [0.1, 0.15) is 21.4 Å². The summed E-state index contributed by atoms with van der Waals surface area (Å²) in [6.07, 6.45) is 1.53. The average Bonchev–Trinajstić information content (AvgIpc) is 3.23. The van der Waals surface area contributed by atoms with E-state index in [0.29, 0.717) is 12.2 Å². The maximum atomic E-state index is 12.6. The third-order valence-corrected chi connectivity index (χ3v) is 5.47. The SMILES string of the molecule is O=C(NCC(c1cccs1)N1CCOCC1)c1cnc2ccccc2n1. The fraction of sp³-hybridized carbons (Fsp3) is 0.316. The number of aromatic nitrogens is 2. The van der Waals surface area contributed by atoms with Crippen molar-refractivity contribution in [2.24, 2.45) is 0 Å². The van der Waals surface area contributed by atoms with Gasteiger partial charge in [0.05, 0.1) is 36.5 Å². The number of nitrogens with zero attached hydrogens (tertiary/aromatic N) is 3. The zero-order chi connectivity index (χ0) is 17.8. The molecule has 2 aromatic heterocycles. The first-order valence-electron chi connectivity index (χ1n) is 8.66. The molecule has 1 atom stereocenters. The Balaban J connectivity index is 1.48. The zero-order valence-corrected chi connectivity index (χ0v) is 15.1. The molecule has 1 aromatic carbocycles. The topological polar surface area (TPSA) is 67.4 Å². The number of fused-ring (bicyclic) bond motifs is 1. The zero-order valence-electron chi connectivity index (χ0n) is 14.3. The van der Waals surface area contributed by atoms with Gasteiger partial charge in [-0.25, -0.2) is 4.98 Å². The Labute approximate surface area is 155 Å². The Bertz CT molecular complexity index is 878. The van der Waals surface area contributed by atoms with Crippen molar-refractivity contribution in [2.75, 3.05) is 32.8 Å². The van der Waals surface area contributed by atoms with E-state index < -0.39 is 0 Å². The van der Waals surface area contributed by atoms with Crippen LogP contribution in [0.3, 0.4) is 0 Å². The van der Waals surface area contributed by atoms with Gasteiger partial charge >= 0.3 is 0 Å². The van der Waals surface area contributed by atoms with Crippen molar-refractivity contribution in [2.45, 2.75) is 6.04 Å². The second-order valence-corrected chi connectivity index (χ2v) is 7.11. The molecular weight excluding hydrogens is 348 g/mol. The lowest BCUT2D eigenvalue weighted by Gasteiger charge is -2.34. The van der Waals surface area contributed by atoms with Gasteiger partial charge in [0.15, 0.2) is 0 Å². The smallest absolute Gasteiger partial charge is 0.271 e. The van der Waals surface area contributed by atoms with Crippen molar-refractivity contribution in [3.63, 3.8) is 0 Å². The Morgan fingerprint density at radius 1 is 1.19 bits per heavy atom. The van der Waals surface area contributed by atoms with Crippen LogP contribution in [-0.2, 0) is 4.74 Å². The fourth-order valence-electron chi connectivity index (χ4n) is 3.13. The van der Waals surface area contributed by atoms with Crippen LogP contribution < -0.4 is 5.32 Å². The number of ether oxygens (including phenoxy) is 1. The van der Waals surface area contributed by atoms with Crippen LogP contribution in [0, 0.1) is 0 Å². The van der Waals surface area contributed by atoms with Crippen LogP contribution in [0.25, 0.3) is 11.0 Å². The Kier molecular flexibility index (Phi) is 5.19. The summed E-state index contributed by atoms with van der Waals surface area (Å²) in [6, 6.07) is 11.9. The van der Waals surface area contributed by atoms with Crippen LogP contribution in [-0.4, -0.2) is 53.6 Å². The van der Waals surface area contributed by atoms with Gasteiger partial charge in [-0.1, -0.05) is 18.2 Å². The monoisotopic (exact) mass is 368 g/mol. The van der Waals surface area contributed by atoms with Gasteiger partial charge in [-0.05, 0) is 23.6 Å². The average molecular weight is 368 g/mol. The van der Waals surface area contributed by atoms with Gasteiger partial charge in [0.1, 0.15) is 5.69 Å². The minimum atomic E-state index is -0.196. The van der Waals surface area contributed by atoms with E-state index in [-0.39, 0.29) is 11.9 Å². The number of rotatable bonds is 5. The first-order chi connectivity index (χ1) is 12.8. The number of thiophene rings is 1. The maximum Gasteiger partial charge on any atom is 0.271 e. The molecule has 7 heteroatoms. The second kappa shape index (κ2) is 7.90. The Morgan fingerprint density at radius 3 is 2.77 bits per heavy atom. The summed E-state index contributed by atoms with van der Waals surface area (Å²) in [5.41, 5.74) is 1.85. The number of carbonyl (C=O) groups excluding carboxylic acids is 1. The van der Waals surface area contributed by atoms with Gasteiger partial charge < -0.3 is 10.1 Å². The molecule has 1 unspecified atom stereocenters. The van der Waals surface area contributed by atoms with Crippen molar-refractivity contribution >= 4 is 28.3 Å². The van der Waals surface area contributed by atoms with Gasteiger partial charge in [-0.15, -0.1) is 11.3 Å². The van der Waals surface area contributed by atoms with E-state index in [1.807, 2.05) is 30.3 Å². The second-order valence-electron chi connectivity index (χ2n) is 6.13. The number of morpholine rings is 1. The van der Waals surface area contributed by atoms with E-state index in [1.165, 1.54) is 11.1 Å². The van der Waals surface area contributed by atoms with Crippen molar-refractivity contribution in [1.29, 1.82) is 0 Å². The highest BCUT2D eigenvalue weighted by Gasteiger charge is 2.24. The Hall–Kier alpha value is -2.35. The number of hydrogen-bond donors (Lipinski definition) is 1. The summed E-state index contributed by atoms with van der Waals surface area (Å²) in [5, 5.41) is 5.10. The molecule has 1 saturated heterocycles. The lowest BCUT2D eigenvalue weighted by atomic mass is 10.2. The highest BCUT2D eigenvalue weighted by molar-refractivity contribution is 7.10. The van der Waals surface area contributed by atoms with E-state index in [1.54, 1.807) is 11.3 Å². The lowest BCUT2D eigenvalue weighted by molar-refractivity contribution is 0.0169. The first-order valence-corrected chi connectivity index (χ1v) is 9.54. The van der Waals surface area contributed by atoms with Crippen molar-refractivity contribution in [3.05, 3.63) is 58.5 Å². The molecule has 0 saturated carbocycles. The summed E-state index contributed by atoms with van der Waals surface area (Å²) in [5.74, 6) is -0.196. The van der Waals surface area contributed by atoms with E-state index in [4.69, 9.17) is 4.74 Å². The standard InChI is InChI=1S/C19H20N4O2S/c24-19(16-12-20-14-4-1-2-5-15(14)22-16)21-13-17(18-6-3-11-26-18)23-7-9-25-10-8-23/h1-6,11-12,17H,7-10,13H2,(H,21,24). The number of hydrogen-bond acceptors (Lipinski definition) is 6. The molecule has 1 aliphatic rings. The molecule has 6 nitrogen and oxygen atoms in total. The number of benzene rings is 1. The normalized spacial score (nSPS) is 16.5. The predicted octanol–water partition coefficient (Wildman–Crippen LogP) is 2.49. The highest BCUT2D eigenvalue weighted by Crippen LogP contribution is 2.25. The van der Waals surface area contributed by atoms with Crippen LogP contribution in [0.4, 0.5) is 0 Å². The molecule has 3 heterocycles. The summed E-state index contributed by atoms with van der Waals surface area (Å²) in [4.78, 5) is 24.9. The molecule has 134 valence electrons.